The van der Waals surface area contributed by atoms with E-state index in [9.17, 15) is 9.59 Å². The van der Waals surface area contributed by atoms with Crippen LogP contribution in [0.2, 0.25) is 0 Å². The van der Waals surface area contributed by atoms with Crippen molar-refractivity contribution >= 4 is 11.9 Å². The molecule has 0 atom stereocenters. The third kappa shape index (κ3) is 4.01. The summed E-state index contributed by atoms with van der Waals surface area (Å²) in [7, 11) is 0. The zero-order valence-corrected chi connectivity index (χ0v) is 10.4. The molecule has 0 radical (unpaired) electrons. The molecule has 96 valence electrons. The van der Waals surface area contributed by atoms with E-state index in [1.807, 2.05) is 18.2 Å². The molecule has 1 amide bonds. The Morgan fingerprint density at radius 2 is 2.00 bits per heavy atom. The third-order valence-corrected chi connectivity index (χ3v) is 2.62. The Balaban J connectivity index is 2.48. The highest BCUT2D eigenvalue weighted by atomic mass is 16.4. The number of nitrogens with one attached hydrogen (secondary N) is 1. The van der Waals surface area contributed by atoms with E-state index in [2.05, 4.69) is 10.3 Å². The number of carboxylic acid groups (broad SMARTS) is 1. The fourth-order valence-electron chi connectivity index (χ4n) is 1.31. The van der Waals surface area contributed by atoms with Crippen LogP contribution >= 0.6 is 0 Å². The number of rotatable bonds is 5. The van der Waals surface area contributed by atoms with Gasteiger partial charge in [-0.25, -0.2) is 4.79 Å². The van der Waals surface area contributed by atoms with Crippen LogP contribution in [0.1, 0.15) is 19.5 Å². The lowest BCUT2D eigenvalue weighted by atomic mass is 10.1. The van der Waals surface area contributed by atoms with Crippen LogP contribution in [0.4, 0.5) is 0 Å². The van der Waals surface area contributed by atoms with E-state index in [1.54, 1.807) is 6.20 Å². The number of carbonyl (C=O) groups is 2. The zero-order chi connectivity index (χ0) is 13.5. The van der Waals surface area contributed by atoms with Crippen molar-refractivity contribution in [2.75, 3.05) is 6.54 Å². The molecule has 0 fully saturated rings. The van der Waals surface area contributed by atoms with Gasteiger partial charge in [-0.1, -0.05) is 6.07 Å². The SMILES string of the molecule is CC(C(=O)O)=C(C)C(=O)NCCc1ccccn1. The Kier molecular flexibility index (Phi) is 5.05. The van der Waals surface area contributed by atoms with Gasteiger partial charge in [0.2, 0.25) is 5.91 Å². The summed E-state index contributed by atoms with van der Waals surface area (Å²) < 4.78 is 0. The average Bonchev–Trinajstić information content (AvgIpc) is 2.38. The molecule has 5 nitrogen and oxygen atoms in total. The topological polar surface area (TPSA) is 79.3 Å². The van der Waals surface area contributed by atoms with Crippen LogP contribution in [0.25, 0.3) is 0 Å². The molecule has 1 heterocycles. The highest BCUT2D eigenvalue weighted by molar-refractivity contribution is 6.01. The van der Waals surface area contributed by atoms with E-state index in [1.165, 1.54) is 13.8 Å². The Hall–Kier alpha value is -2.17. The largest absolute Gasteiger partial charge is 0.478 e. The second-order valence-electron chi connectivity index (χ2n) is 3.88. The molecule has 0 bridgehead atoms. The first-order chi connectivity index (χ1) is 8.52. The maximum Gasteiger partial charge on any atom is 0.331 e. The number of nitrogens with zero attached hydrogens (tertiary/aromatic N) is 1. The Bertz CT molecular complexity index is 466. The van der Waals surface area contributed by atoms with Gasteiger partial charge in [0.25, 0.3) is 0 Å². The fourth-order valence-corrected chi connectivity index (χ4v) is 1.31. The highest BCUT2D eigenvalue weighted by Crippen LogP contribution is 2.03. The van der Waals surface area contributed by atoms with Crippen LogP contribution in [-0.2, 0) is 16.0 Å². The van der Waals surface area contributed by atoms with Gasteiger partial charge in [0.15, 0.2) is 0 Å². The number of hydrogen-bond donors (Lipinski definition) is 2. The van der Waals surface area contributed by atoms with Crippen molar-refractivity contribution in [2.45, 2.75) is 20.3 Å². The van der Waals surface area contributed by atoms with Gasteiger partial charge in [0.05, 0.1) is 0 Å². The monoisotopic (exact) mass is 248 g/mol. The van der Waals surface area contributed by atoms with E-state index in [0.717, 1.165) is 5.69 Å². The minimum atomic E-state index is -1.08. The Morgan fingerprint density at radius 1 is 1.28 bits per heavy atom. The minimum absolute atomic E-state index is 0.0605. The number of carboxylic acids is 1. The van der Waals surface area contributed by atoms with Gasteiger partial charge in [-0.2, -0.15) is 0 Å². The zero-order valence-electron chi connectivity index (χ0n) is 10.4. The maximum atomic E-state index is 11.6. The number of carbonyl (C=O) groups excluding carboxylic acids is 1. The van der Waals surface area contributed by atoms with Crippen molar-refractivity contribution in [3.8, 4) is 0 Å². The Labute approximate surface area is 106 Å². The van der Waals surface area contributed by atoms with Gasteiger partial charge >= 0.3 is 5.97 Å². The second kappa shape index (κ2) is 6.54. The summed E-state index contributed by atoms with van der Waals surface area (Å²) in [4.78, 5) is 26.4. The van der Waals surface area contributed by atoms with Gasteiger partial charge in [-0.3, -0.25) is 9.78 Å². The normalized spacial score (nSPS) is 11.7. The summed E-state index contributed by atoms with van der Waals surface area (Å²) in [5, 5.41) is 11.4. The minimum Gasteiger partial charge on any atom is -0.478 e. The first-order valence-corrected chi connectivity index (χ1v) is 5.61. The molecule has 0 aliphatic heterocycles. The molecule has 1 aromatic rings. The number of aromatic nitrogens is 1. The maximum absolute atomic E-state index is 11.6. The lowest BCUT2D eigenvalue weighted by Gasteiger charge is -2.06. The summed E-state index contributed by atoms with van der Waals surface area (Å²) in [6, 6.07) is 5.58. The van der Waals surface area contributed by atoms with Gasteiger partial charge in [0, 0.05) is 36.0 Å². The second-order valence-corrected chi connectivity index (χ2v) is 3.88. The molecular weight excluding hydrogens is 232 g/mol. The summed E-state index contributed by atoms with van der Waals surface area (Å²) in [6.45, 7) is 3.34. The standard InChI is InChI=1S/C13H16N2O3/c1-9(10(2)13(17)18)12(16)15-8-6-11-5-3-4-7-14-11/h3-5,7H,6,8H2,1-2H3,(H,15,16)(H,17,18). The summed E-state index contributed by atoms with van der Waals surface area (Å²) in [5.41, 5.74) is 1.17. The van der Waals surface area contributed by atoms with Crippen molar-refractivity contribution in [1.29, 1.82) is 0 Å². The number of hydrogen-bond acceptors (Lipinski definition) is 3. The number of amides is 1. The smallest absolute Gasteiger partial charge is 0.331 e. The fraction of sp³-hybridized carbons (Fsp3) is 0.308. The summed E-state index contributed by atoms with van der Waals surface area (Å²) in [6.07, 6.45) is 2.31. The number of aliphatic carboxylic acids is 1. The molecule has 0 aliphatic carbocycles. The molecule has 1 rings (SSSR count). The lowest BCUT2D eigenvalue weighted by molar-refractivity contribution is -0.133. The molecule has 0 aromatic carbocycles. The van der Waals surface area contributed by atoms with E-state index in [-0.39, 0.29) is 17.1 Å². The highest BCUT2D eigenvalue weighted by Gasteiger charge is 2.11. The molecule has 1 aromatic heterocycles. The van der Waals surface area contributed by atoms with Gasteiger partial charge < -0.3 is 10.4 Å². The quantitative estimate of drug-likeness (QED) is 0.766. The van der Waals surface area contributed by atoms with Crippen LogP contribution in [0.3, 0.4) is 0 Å². The molecule has 0 saturated carbocycles. The van der Waals surface area contributed by atoms with Crippen molar-refractivity contribution < 1.29 is 14.7 Å². The molecule has 18 heavy (non-hydrogen) atoms. The number of pyridine rings is 1. The molecule has 5 heteroatoms. The third-order valence-electron chi connectivity index (χ3n) is 2.62. The molecule has 0 spiro atoms. The molecule has 0 unspecified atom stereocenters. The van der Waals surface area contributed by atoms with Crippen LogP contribution in [0.5, 0.6) is 0 Å². The van der Waals surface area contributed by atoms with Crippen molar-refractivity contribution in [3.05, 3.63) is 41.2 Å². The van der Waals surface area contributed by atoms with E-state index in [4.69, 9.17) is 5.11 Å². The van der Waals surface area contributed by atoms with Crippen molar-refractivity contribution in [3.63, 3.8) is 0 Å². The molecular formula is C13H16N2O3. The predicted molar refractivity (Wildman–Crippen MR) is 67.0 cm³/mol. The van der Waals surface area contributed by atoms with E-state index in [0.29, 0.717) is 13.0 Å². The first-order valence-electron chi connectivity index (χ1n) is 5.61. The van der Waals surface area contributed by atoms with Crippen molar-refractivity contribution in [1.82, 2.24) is 10.3 Å². The van der Waals surface area contributed by atoms with Crippen LogP contribution in [0.15, 0.2) is 35.5 Å². The predicted octanol–water partition coefficient (Wildman–Crippen LogP) is 1.16. The van der Waals surface area contributed by atoms with Crippen LogP contribution < -0.4 is 5.32 Å². The summed E-state index contributed by atoms with van der Waals surface area (Å²) in [5.74, 6) is -1.43. The Morgan fingerprint density at radius 3 is 2.56 bits per heavy atom. The summed E-state index contributed by atoms with van der Waals surface area (Å²) >= 11 is 0. The van der Waals surface area contributed by atoms with Gasteiger partial charge in [-0.05, 0) is 26.0 Å². The van der Waals surface area contributed by atoms with Gasteiger partial charge in [-0.15, -0.1) is 0 Å². The van der Waals surface area contributed by atoms with E-state index >= 15 is 0 Å². The van der Waals surface area contributed by atoms with Crippen LogP contribution in [0, 0.1) is 0 Å². The van der Waals surface area contributed by atoms with Gasteiger partial charge in [0.1, 0.15) is 0 Å². The first kappa shape index (κ1) is 13.9. The molecule has 0 aliphatic rings. The van der Waals surface area contributed by atoms with Crippen LogP contribution in [-0.4, -0.2) is 28.5 Å². The lowest BCUT2D eigenvalue weighted by Crippen LogP contribution is -2.27. The van der Waals surface area contributed by atoms with E-state index < -0.39 is 5.97 Å². The molecule has 2 N–H and O–H groups in total. The average molecular weight is 248 g/mol. The van der Waals surface area contributed by atoms with Crippen molar-refractivity contribution in [2.24, 2.45) is 0 Å². The molecule has 0 saturated heterocycles.